The number of piperazine rings is 1. The fourth-order valence-corrected chi connectivity index (χ4v) is 3.16. The Kier molecular flexibility index (Phi) is 2.95. The fourth-order valence-electron chi connectivity index (χ4n) is 3.16. The Morgan fingerprint density at radius 2 is 2.17 bits per heavy atom. The van der Waals surface area contributed by atoms with Crippen LogP contribution in [0.2, 0.25) is 0 Å². The number of hydrogen-bond donors (Lipinski definition) is 2. The fraction of sp³-hybridized carbons (Fsp3) is 0.692. The Bertz CT molecular complexity index is 457. The van der Waals surface area contributed by atoms with E-state index in [4.69, 9.17) is 0 Å². The Labute approximate surface area is 107 Å². The standard InChI is InChI=1S/C13H21N4O/c1-9-7-10(18)12-11(9)13(15-8-16(12)2)17-5-3-14-4-6-17/h8-10,14,18H,3-7H2,1-2H3/q+1/t9-,10-/m1/s1. The molecule has 3 rings (SSSR count). The number of fused-ring (bicyclic) bond motifs is 1. The summed E-state index contributed by atoms with van der Waals surface area (Å²) in [5, 5.41) is 13.5. The lowest BCUT2D eigenvalue weighted by atomic mass is 10.1. The van der Waals surface area contributed by atoms with Crippen molar-refractivity contribution in [2.45, 2.75) is 25.4 Å². The quantitative estimate of drug-likeness (QED) is 0.680. The SMILES string of the molecule is C[C@@H]1C[C@@H](O)c2c1c(N1CCNCC1)nc[n+]2C. The maximum absolute atomic E-state index is 10.2. The molecule has 0 unspecified atom stereocenters. The number of aliphatic hydroxyl groups excluding tert-OH is 1. The molecule has 2 aliphatic rings. The first kappa shape index (κ1) is 11.9. The molecule has 1 aliphatic carbocycles. The third kappa shape index (κ3) is 1.78. The number of aliphatic hydroxyl groups is 1. The molecule has 1 saturated heterocycles. The van der Waals surface area contributed by atoms with Gasteiger partial charge in [0.1, 0.15) is 11.8 Å². The first-order valence-corrected chi connectivity index (χ1v) is 6.70. The lowest BCUT2D eigenvalue weighted by Gasteiger charge is -2.27. The van der Waals surface area contributed by atoms with Crippen LogP contribution in [0.25, 0.3) is 0 Å². The molecule has 2 N–H and O–H groups in total. The van der Waals surface area contributed by atoms with Crippen LogP contribution in [0.1, 0.15) is 36.6 Å². The highest BCUT2D eigenvalue weighted by molar-refractivity contribution is 5.52. The van der Waals surface area contributed by atoms with E-state index in [1.807, 2.05) is 17.9 Å². The van der Waals surface area contributed by atoms with Crippen LogP contribution in [0, 0.1) is 0 Å². The molecule has 18 heavy (non-hydrogen) atoms. The molecular weight excluding hydrogens is 228 g/mol. The second-order valence-electron chi connectivity index (χ2n) is 5.37. The molecule has 5 heteroatoms. The van der Waals surface area contributed by atoms with E-state index in [1.54, 1.807) is 0 Å². The molecule has 0 bridgehead atoms. The van der Waals surface area contributed by atoms with Gasteiger partial charge in [-0.3, -0.25) is 0 Å². The summed E-state index contributed by atoms with van der Waals surface area (Å²) in [5.41, 5.74) is 2.29. The molecule has 1 fully saturated rings. The minimum Gasteiger partial charge on any atom is -0.385 e. The van der Waals surface area contributed by atoms with Gasteiger partial charge in [0, 0.05) is 26.2 Å². The highest BCUT2D eigenvalue weighted by atomic mass is 16.3. The van der Waals surface area contributed by atoms with Crippen molar-refractivity contribution in [1.82, 2.24) is 10.3 Å². The second kappa shape index (κ2) is 4.48. The summed E-state index contributed by atoms with van der Waals surface area (Å²) in [6, 6.07) is 0. The van der Waals surface area contributed by atoms with E-state index < -0.39 is 0 Å². The van der Waals surface area contributed by atoms with E-state index in [2.05, 4.69) is 22.1 Å². The van der Waals surface area contributed by atoms with Crippen LogP contribution in [0.3, 0.4) is 0 Å². The van der Waals surface area contributed by atoms with Crippen LogP contribution in [0.15, 0.2) is 6.33 Å². The first-order chi connectivity index (χ1) is 8.68. The summed E-state index contributed by atoms with van der Waals surface area (Å²) in [7, 11) is 1.97. The maximum atomic E-state index is 10.2. The predicted octanol–water partition coefficient (Wildman–Crippen LogP) is -0.144. The van der Waals surface area contributed by atoms with Gasteiger partial charge >= 0.3 is 0 Å². The zero-order valence-electron chi connectivity index (χ0n) is 11.1. The van der Waals surface area contributed by atoms with Gasteiger partial charge in [0.2, 0.25) is 0 Å². The van der Waals surface area contributed by atoms with Crippen molar-refractivity contribution >= 4 is 5.82 Å². The largest absolute Gasteiger partial charge is 0.385 e. The summed E-state index contributed by atoms with van der Waals surface area (Å²) in [5.74, 6) is 1.47. The third-order valence-electron chi connectivity index (χ3n) is 4.05. The molecule has 0 radical (unpaired) electrons. The van der Waals surface area contributed by atoms with Crippen LogP contribution in [-0.4, -0.2) is 36.3 Å². The normalized spacial score (nSPS) is 27.4. The summed E-state index contributed by atoms with van der Waals surface area (Å²) in [4.78, 5) is 6.95. The zero-order valence-corrected chi connectivity index (χ0v) is 11.1. The van der Waals surface area contributed by atoms with Crippen molar-refractivity contribution < 1.29 is 9.67 Å². The molecule has 0 spiro atoms. The monoisotopic (exact) mass is 249 g/mol. The van der Waals surface area contributed by atoms with Gasteiger partial charge < -0.3 is 15.3 Å². The van der Waals surface area contributed by atoms with E-state index in [-0.39, 0.29) is 6.10 Å². The number of aromatic nitrogens is 2. The summed E-state index contributed by atoms with van der Waals surface area (Å²) < 4.78 is 1.97. The van der Waals surface area contributed by atoms with Gasteiger partial charge in [-0.1, -0.05) is 6.92 Å². The smallest absolute Gasteiger partial charge is 0.288 e. The second-order valence-corrected chi connectivity index (χ2v) is 5.37. The van der Waals surface area contributed by atoms with Gasteiger partial charge in [-0.15, -0.1) is 0 Å². The van der Waals surface area contributed by atoms with Crippen molar-refractivity contribution in [3.8, 4) is 0 Å². The molecule has 98 valence electrons. The van der Waals surface area contributed by atoms with Crippen LogP contribution in [-0.2, 0) is 7.05 Å². The first-order valence-electron chi connectivity index (χ1n) is 6.70. The summed E-state index contributed by atoms with van der Waals surface area (Å²) in [6.45, 7) is 6.19. The highest BCUT2D eigenvalue weighted by Crippen LogP contribution is 2.41. The van der Waals surface area contributed by atoms with Crippen LogP contribution in [0.5, 0.6) is 0 Å². The van der Waals surface area contributed by atoms with Gasteiger partial charge in [0.25, 0.3) is 12.1 Å². The number of nitrogens with one attached hydrogen (secondary N) is 1. The third-order valence-corrected chi connectivity index (χ3v) is 4.05. The Morgan fingerprint density at radius 3 is 2.89 bits per heavy atom. The Balaban J connectivity index is 2.05. The van der Waals surface area contributed by atoms with Crippen LogP contribution < -0.4 is 14.8 Å². The number of hydrogen-bond acceptors (Lipinski definition) is 4. The van der Waals surface area contributed by atoms with Crippen LogP contribution >= 0.6 is 0 Å². The zero-order chi connectivity index (χ0) is 12.7. The van der Waals surface area contributed by atoms with E-state index >= 15 is 0 Å². The number of anilines is 1. The van der Waals surface area contributed by atoms with E-state index in [1.165, 1.54) is 5.56 Å². The lowest BCUT2D eigenvalue weighted by Crippen LogP contribution is -2.45. The van der Waals surface area contributed by atoms with Crippen molar-refractivity contribution in [3.05, 3.63) is 17.6 Å². The van der Waals surface area contributed by atoms with Crippen molar-refractivity contribution in [2.24, 2.45) is 7.05 Å². The molecule has 1 aliphatic heterocycles. The average Bonchev–Trinajstić information content (AvgIpc) is 2.68. The molecule has 0 amide bonds. The van der Waals surface area contributed by atoms with E-state index in [9.17, 15) is 5.11 Å². The van der Waals surface area contributed by atoms with Gasteiger partial charge in [-0.05, 0) is 17.3 Å². The molecule has 2 atom stereocenters. The molecule has 2 heterocycles. The Morgan fingerprint density at radius 1 is 1.44 bits per heavy atom. The Hall–Kier alpha value is -1.20. The summed E-state index contributed by atoms with van der Waals surface area (Å²) in [6.07, 6.45) is 2.30. The maximum Gasteiger partial charge on any atom is 0.288 e. The van der Waals surface area contributed by atoms with E-state index in [0.717, 1.165) is 44.1 Å². The molecule has 1 aromatic rings. The van der Waals surface area contributed by atoms with Crippen LogP contribution in [0.4, 0.5) is 5.82 Å². The van der Waals surface area contributed by atoms with Gasteiger partial charge in [-0.25, -0.2) is 4.57 Å². The minimum absolute atomic E-state index is 0.343. The van der Waals surface area contributed by atoms with Crippen molar-refractivity contribution in [1.29, 1.82) is 0 Å². The van der Waals surface area contributed by atoms with Gasteiger partial charge in [0.15, 0.2) is 0 Å². The van der Waals surface area contributed by atoms with Crippen molar-refractivity contribution in [2.75, 3.05) is 31.1 Å². The van der Waals surface area contributed by atoms with Gasteiger partial charge in [-0.2, -0.15) is 0 Å². The molecule has 1 aromatic heterocycles. The van der Waals surface area contributed by atoms with E-state index in [0.29, 0.717) is 5.92 Å². The highest BCUT2D eigenvalue weighted by Gasteiger charge is 2.38. The number of rotatable bonds is 1. The minimum atomic E-state index is -0.343. The summed E-state index contributed by atoms with van der Waals surface area (Å²) >= 11 is 0. The average molecular weight is 249 g/mol. The molecule has 0 aromatic carbocycles. The number of nitrogens with zero attached hydrogens (tertiary/aromatic N) is 3. The lowest BCUT2D eigenvalue weighted by molar-refractivity contribution is -0.685. The topological polar surface area (TPSA) is 52.3 Å². The number of aryl methyl sites for hydroxylation is 1. The molecule has 0 saturated carbocycles. The molecule has 5 nitrogen and oxygen atoms in total. The van der Waals surface area contributed by atoms with Gasteiger partial charge in [0.05, 0.1) is 12.6 Å². The molecular formula is C13H21N4O+. The predicted molar refractivity (Wildman–Crippen MR) is 68.5 cm³/mol. The van der Waals surface area contributed by atoms with Crippen molar-refractivity contribution in [3.63, 3.8) is 0 Å².